The number of methoxy groups -OCH3 is 2. The Bertz CT molecular complexity index is 1330. The van der Waals surface area contributed by atoms with Crippen molar-refractivity contribution in [3.8, 4) is 28.6 Å². The maximum atomic E-state index is 12.4. The Morgan fingerprint density at radius 2 is 1.91 bits per heavy atom. The molecule has 0 fully saturated rings. The molecule has 0 aliphatic heterocycles. The smallest absolute Gasteiger partial charge is 0.250 e. The fraction of sp³-hybridized carbons (Fsp3) is 0.125. The van der Waals surface area contributed by atoms with Crippen LogP contribution in [0.2, 0.25) is 0 Å². The van der Waals surface area contributed by atoms with Gasteiger partial charge in [0.25, 0.3) is 5.91 Å². The summed E-state index contributed by atoms with van der Waals surface area (Å²) in [6, 6.07) is 16.9. The zero-order valence-corrected chi connectivity index (χ0v) is 21.3. The molecule has 1 amide bonds. The summed E-state index contributed by atoms with van der Waals surface area (Å²) in [4.78, 5) is 16.6. The highest BCUT2D eigenvalue weighted by Gasteiger charge is 2.17. The van der Waals surface area contributed by atoms with Gasteiger partial charge in [-0.2, -0.15) is 5.10 Å². The third-order valence-corrected chi connectivity index (χ3v) is 6.24. The van der Waals surface area contributed by atoms with Crippen LogP contribution in [0.4, 0.5) is 0 Å². The molecule has 2 aromatic heterocycles. The van der Waals surface area contributed by atoms with Gasteiger partial charge in [-0.1, -0.05) is 27.7 Å². The summed E-state index contributed by atoms with van der Waals surface area (Å²) in [6.45, 7) is 0. The van der Waals surface area contributed by atoms with Gasteiger partial charge in [-0.25, -0.2) is 5.43 Å². The van der Waals surface area contributed by atoms with E-state index in [1.165, 1.54) is 18.0 Å². The van der Waals surface area contributed by atoms with Gasteiger partial charge >= 0.3 is 0 Å². The van der Waals surface area contributed by atoms with E-state index >= 15 is 0 Å². The quantitative estimate of drug-likeness (QED) is 0.187. The van der Waals surface area contributed by atoms with Crippen molar-refractivity contribution in [3.63, 3.8) is 0 Å². The summed E-state index contributed by atoms with van der Waals surface area (Å²) in [5.74, 6) is 1.65. The van der Waals surface area contributed by atoms with Crippen molar-refractivity contribution in [1.82, 2.24) is 25.2 Å². The third kappa shape index (κ3) is 6.06. The number of carbonyl (C=O) groups excluding carboxylic acids is 1. The maximum absolute atomic E-state index is 12.4. The summed E-state index contributed by atoms with van der Waals surface area (Å²) in [5.41, 5.74) is 4.98. The minimum atomic E-state index is -0.278. The lowest BCUT2D eigenvalue weighted by Gasteiger charge is -2.10. The second kappa shape index (κ2) is 11.6. The van der Waals surface area contributed by atoms with Crippen molar-refractivity contribution in [2.45, 2.75) is 5.16 Å². The standard InChI is InChI=1S/C24H21BrN6O3S/c1-33-20-10-5-16(12-21(20)34-2)13-27-28-22(32)15-35-24-30-29-23(17-4-3-11-26-14-17)31(24)19-8-6-18(25)7-9-19/h3-14H,15H2,1-2H3,(H,28,32). The lowest BCUT2D eigenvalue weighted by atomic mass is 10.2. The summed E-state index contributed by atoms with van der Waals surface area (Å²) < 4.78 is 13.4. The third-order valence-electron chi connectivity index (χ3n) is 4.78. The molecule has 0 aliphatic carbocycles. The molecule has 1 N–H and O–H groups in total. The Balaban J connectivity index is 1.46. The lowest BCUT2D eigenvalue weighted by Crippen LogP contribution is -2.20. The van der Waals surface area contributed by atoms with Crippen LogP contribution in [0.1, 0.15) is 5.56 Å². The predicted molar refractivity (Wildman–Crippen MR) is 138 cm³/mol. The van der Waals surface area contributed by atoms with Gasteiger partial charge in [-0.15, -0.1) is 10.2 Å². The van der Waals surface area contributed by atoms with Crippen molar-refractivity contribution in [2.75, 3.05) is 20.0 Å². The summed E-state index contributed by atoms with van der Waals surface area (Å²) in [6.07, 6.45) is 4.96. The van der Waals surface area contributed by atoms with Crippen LogP contribution in [-0.2, 0) is 4.79 Å². The van der Waals surface area contributed by atoms with E-state index in [0.717, 1.165) is 21.3 Å². The number of halogens is 1. The number of pyridine rings is 1. The fourth-order valence-electron chi connectivity index (χ4n) is 3.14. The molecule has 35 heavy (non-hydrogen) atoms. The summed E-state index contributed by atoms with van der Waals surface area (Å²) in [7, 11) is 3.13. The molecule has 0 unspecified atom stereocenters. The van der Waals surface area contributed by atoms with Crippen LogP contribution in [0.15, 0.2) is 81.7 Å². The van der Waals surface area contributed by atoms with Crippen LogP contribution in [0.5, 0.6) is 11.5 Å². The zero-order valence-electron chi connectivity index (χ0n) is 18.9. The van der Waals surface area contributed by atoms with Crippen LogP contribution >= 0.6 is 27.7 Å². The van der Waals surface area contributed by atoms with E-state index in [-0.39, 0.29) is 11.7 Å². The summed E-state index contributed by atoms with van der Waals surface area (Å²) >= 11 is 4.72. The Morgan fingerprint density at radius 1 is 1.11 bits per heavy atom. The Labute approximate surface area is 214 Å². The lowest BCUT2D eigenvalue weighted by molar-refractivity contribution is -0.118. The van der Waals surface area contributed by atoms with E-state index in [1.807, 2.05) is 47.0 Å². The average molecular weight is 553 g/mol. The molecule has 4 aromatic rings. The molecule has 0 aliphatic rings. The Hall–Kier alpha value is -3.70. The highest BCUT2D eigenvalue weighted by molar-refractivity contribution is 9.10. The van der Waals surface area contributed by atoms with Gasteiger partial charge in [0, 0.05) is 28.1 Å². The topological polar surface area (TPSA) is 104 Å². The Morgan fingerprint density at radius 3 is 2.63 bits per heavy atom. The van der Waals surface area contributed by atoms with E-state index in [1.54, 1.807) is 38.7 Å². The van der Waals surface area contributed by atoms with Crippen molar-refractivity contribution in [2.24, 2.45) is 5.10 Å². The van der Waals surface area contributed by atoms with Crippen LogP contribution in [0, 0.1) is 0 Å². The number of aromatic nitrogens is 4. The molecular formula is C24H21BrN6O3S. The van der Waals surface area contributed by atoms with Gasteiger partial charge in [-0.3, -0.25) is 14.3 Å². The van der Waals surface area contributed by atoms with E-state index < -0.39 is 0 Å². The number of nitrogens with one attached hydrogen (secondary N) is 1. The molecule has 0 spiro atoms. The number of rotatable bonds is 9. The van der Waals surface area contributed by atoms with Crippen LogP contribution in [0.3, 0.4) is 0 Å². The van der Waals surface area contributed by atoms with Crippen molar-refractivity contribution in [1.29, 1.82) is 0 Å². The average Bonchev–Trinajstić information content (AvgIpc) is 3.32. The molecule has 4 rings (SSSR count). The number of carbonyl (C=O) groups is 1. The molecule has 178 valence electrons. The van der Waals surface area contributed by atoms with Gasteiger partial charge in [0.2, 0.25) is 0 Å². The first kappa shape index (κ1) is 24.4. The number of benzene rings is 2. The number of thioether (sulfide) groups is 1. The molecule has 0 bridgehead atoms. The molecule has 0 atom stereocenters. The first-order chi connectivity index (χ1) is 17.1. The second-order valence-electron chi connectivity index (χ2n) is 7.06. The first-order valence-corrected chi connectivity index (χ1v) is 12.2. The highest BCUT2D eigenvalue weighted by Crippen LogP contribution is 2.29. The molecule has 11 heteroatoms. The zero-order chi connectivity index (χ0) is 24.6. The predicted octanol–water partition coefficient (Wildman–Crippen LogP) is 4.35. The second-order valence-corrected chi connectivity index (χ2v) is 8.91. The Kier molecular flexibility index (Phi) is 8.11. The maximum Gasteiger partial charge on any atom is 0.250 e. The van der Waals surface area contributed by atoms with E-state index in [2.05, 4.69) is 41.6 Å². The van der Waals surface area contributed by atoms with Gasteiger partial charge in [0.05, 0.1) is 26.2 Å². The molecule has 0 saturated heterocycles. The largest absolute Gasteiger partial charge is 0.493 e. The highest BCUT2D eigenvalue weighted by atomic mass is 79.9. The minimum Gasteiger partial charge on any atom is -0.493 e. The molecule has 0 radical (unpaired) electrons. The number of hydrazone groups is 1. The van der Waals surface area contributed by atoms with Gasteiger partial charge in [0.1, 0.15) is 0 Å². The van der Waals surface area contributed by atoms with E-state index in [4.69, 9.17) is 9.47 Å². The SMILES string of the molecule is COc1ccc(C=NNC(=O)CSc2nnc(-c3cccnc3)n2-c2ccc(Br)cc2)cc1OC. The van der Waals surface area contributed by atoms with Crippen LogP contribution in [-0.4, -0.2) is 51.8 Å². The van der Waals surface area contributed by atoms with Gasteiger partial charge < -0.3 is 9.47 Å². The monoisotopic (exact) mass is 552 g/mol. The summed E-state index contributed by atoms with van der Waals surface area (Å²) in [5, 5.41) is 13.3. The van der Waals surface area contributed by atoms with Gasteiger partial charge in [-0.05, 0) is 60.2 Å². The first-order valence-electron chi connectivity index (χ1n) is 10.4. The number of ether oxygens (including phenoxy) is 2. The molecular weight excluding hydrogens is 532 g/mol. The number of hydrogen-bond donors (Lipinski definition) is 1. The van der Waals surface area contributed by atoms with E-state index in [0.29, 0.717) is 22.5 Å². The van der Waals surface area contributed by atoms with Crippen molar-refractivity contribution < 1.29 is 14.3 Å². The molecule has 0 saturated carbocycles. The molecule has 2 heterocycles. The van der Waals surface area contributed by atoms with E-state index in [9.17, 15) is 4.79 Å². The van der Waals surface area contributed by atoms with Crippen molar-refractivity contribution in [3.05, 3.63) is 77.0 Å². The van der Waals surface area contributed by atoms with Gasteiger partial charge in [0.15, 0.2) is 22.5 Å². The minimum absolute atomic E-state index is 0.102. The number of amides is 1. The fourth-order valence-corrected chi connectivity index (χ4v) is 4.15. The number of nitrogens with zero attached hydrogens (tertiary/aromatic N) is 5. The van der Waals surface area contributed by atoms with Crippen LogP contribution in [0.25, 0.3) is 17.1 Å². The molecule has 9 nitrogen and oxygen atoms in total. The molecule has 2 aromatic carbocycles. The van der Waals surface area contributed by atoms with Crippen LogP contribution < -0.4 is 14.9 Å². The van der Waals surface area contributed by atoms with Crippen molar-refractivity contribution >= 4 is 39.8 Å². The normalized spacial score (nSPS) is 10.9. The number of hydrogen-bond acceptors (Lipinski definition) is 8.